The molecule has 0 spiro atoms. The Kier molecular flexibility index (Phi) is 4.40. The fourth-order valence-corrected chi connectivity index (χ4v) is 2.36. The zero-order valence-electron chi connectivity index (χ0n) is 10.2. The fraction of sp³-hybridized carbons (Fsp3) is 0.0714. The van der Waals surface area contributed by atoms with Gasteiger partial charge in [-0.3, -0.25) is 4.79 Å². The number of rotatable bonds is 3. The van der Waals surface area contributed by atoms with Crippen LogP contribution in [0, 0.1) is 11.6 Å². The van der Waals surface area contributed by atoms with Crippen molar-refractivity contribution in [3.8, 4) is 5.75 Å². The van der Waals surface area contributed by atoms with Gasteiger partial charge in [0.1, 0.15) is 17.4 Å². The van der Waals surface area contributed by atoms with Gasteiger partial charge >= 0.3 is 0 Å². The maximum absolute atomic E-state index is 13.8. The second-order valence-electron chi connectivity index (χ2n) is 3.92. The molecule has 0 radical (unpaired) electrons. The molecule has 2 aromatic rings. The minimum atomic E-state index is -0.950. The number of benzene rings is 2. The maximum atomic E-state index is 13.8. The van der Waals surface area contributed by atoms with Crippen LogP contribution in [0.2, 0.25) is 5.02 Å². The Morgan fingerprint density at radius 2 is 1.80 bits per heavy atom. The van der Waals surface area contributed by atoms with Crippen LogP contribution in [0.4, 0.5) is 8.78 Å². The van der Waals surface area contributed by atoms with Gasteiger partial charge in [0.2, 0.25) is 0 Å². The lowest BCUT2D eigenvalue weighted by Crippen LogP contribution is -2.08. The molecule has 2 rings (SSSR count). The highest BCUT2D eigenvalue weighted by molar-refractivity contribution is 9.10. The van der Waals surface area contributed by atoms with E-state index >= 15 is 0 Å². The Morgan fingerprint density at radius 3 is 2.30 bits per heavy atom. The van der Waals surface area contributed by atoms with Crippen LogP contribution in [-0.2, 0) is 0 Å². The molecule has 0 amide bonds. The van der Waals surface area contributed by atoms with E-state index in [4.69, 9.17) is 16.3 Å². The Balaban J connectivity index is 2.52. The summed E-state index contributed by atoms with van der Waals surface area (Å²) < 4.78 is 32.7. The van der Waals surface area contributed by atoms with Crippen molar-refractivity contribution in [3.05, 3.63) is 62.6 Å². The Bertz CT molecular complexity index is 666. The van der Waals surface area contributed by atoms with Crippen LogP contribution in [-0.4, -0.2) is 12.9 Å². The summed E-state index contributed by atoms with van der Waals surface area (Å²) in [7, 11) is 1.45. The minimum absolute atomic E-state index is 0.00703. The Morgan fingerprint density at radius 1 is 1.20 bits per heavy atom. The van der Waals surface area contributed by atoms with Gasteiger partial charge in [0.25, 0.3) is 0 Å². The quantitative estimate of drug-likeness (QED) is 0.746. The molecule has 0 aliphatic heterocycles. The molecule has 6 heteroatoms. The number of ketones is 1. The zero-order chi connectivity index (χ0) is 14.9. The molecule has 0 aliphatic carbocycles. The second kappa shape index (κ2) is 5.89. The molecule has 20 heavy (non-hydrogen) atoms. The second-order valence-corrected chi connectivity index (χ2v) is 5.24. The van der Waals surface area contributed by atoms with Crippen molar-refractivity contribution >= 4 is 33.3 Å². The lowest BCUT2D eigenvalue weighted by Gasteiger charge is -2.08. The first kappa shape index (κ1) is 14.9. The van der Waals surface area contributed by atoms with E-state index in [-0.39, 0.29) is 15.1 Å². The van der Waals surface area contributed by atoms with Gasteiger partial charge in [-0.05, 0) is 30.3 Å². The SMILES string of the molecule is COc1ccc(C(=O)c2c(F)cc(Br)cc2F)c(Cl)c1. The summed E-state index contributed by atoms with van der Waals surface area (Å²) in [5.41, 5.74) is -0.632. The topological polar surface area (TPSA) is 26.3 Å². The first-order valence-corrected chi connectivity index (χ1v) is 6.64. The van der Waals surface area contributed by atoms with Crippen LogP contribution in [0.3, 0.4) is 0 Å². The maximum Gasteiger partial charge on any atom is 0.200 e. The number of halogens is 4. The third kappa shape index (κ3) is 2.83. The lowest BCUT2D eigenvalue weighted by molar-refractivity contribution is 0.103. The molecule has 0 unspecified atom stereocenters. The number of hydrogen-bond acceptors (Lipinski definition) is 2. The van der Waals surface area contributed by atoms with Gasteiger partial charge in [0, 0.05) is 10.0 Å². The van der Waals surface area contributed by atoms with E-state index in [2.05, 4.69) is 15.9 Å². The van der Waals surface area contributed by atoms with Crippen LogP contribution in [0.15, 0.2) is 34.8 Å². The Labute approximate surface area is 127 Å². The molecule has 0 bridgehead atoms. The first-order valence-electron chi connectivity index (χ1n) is 5.47. The molecule has 0 saturated carbocycles. The van der Waals surface area contributed by atoms with Gasteiger partial charge in [-0.25, -0.2) is 8.78 Å². The molecule has 0 aromatic heterocycles. The summed E-state index contributed by atoms with van der Waals surface area (Å²) in [6, 6.07) is 6.31. The van der Waals surface area contributed by atoms with Crippen molar-refractivity contribution < 1.29 is 18.3 Å². The van der Waals surface area contributed by atoms with E-state index in [0.717, 1.165) is 12.1 Å². The number of methoxy groups -OCH3 is 1. The van der Waals surface area contributed by atoms with E-state index in [1.165, 1.54) is 25.3 Å². The van der Waals surface area contributed by atoms with Gasteiger partial charge in [-0.1, -0.05) is 27.5 Å². The van der Waals surface area contributed by atoms with Crippen LogP contribution >= 0.6 is 27.5 Å². The van der Waals surface area contributed by atoms with Crippen LogP contribution < -0.4 is 4.74 Å². The molecular weight excluding hydrogens is 354 g/mol. The third-order valence-electron chi connectivity index (χ3n) is 2.65. The highest BCUT2D eigenvalue weighted by Gasteiger charge is 2.22. The predicted molar refractivity (Wildman–Crippen MR) is 75.5 cm³/mol. The van der Waals surface area contributed by atoms with Gasteiger partial charge in [0.15, 0.2) is 5.78 Å². The van der Waals surface area contributed by atoms with Crippen molar-refractivity contribution in [2.45, 2.75) is 0 Å². The average molecular weight is 362 g/mol. The fourth-order valence-electron chi connectivity index (χ4n) is 1.70. The van der Waals surface area contributed by atoms with Crippen LogP contribution in [0.5, 0.6) is 5.75 Å². The van der Waals surface area contributed by atoms with Crippen molar-refractivity contribution in [3.63, 3.8) is 0 Å². The minimum Gasteiger partial charge on any atom is -0.497 e. The molecule has 0 atom stereocenters. The summed E-state index contributed by atoms with van der Waals surface area (Å²) in [6.07, 6.45) is 0. The first-order chi connectivity index (χ1) is 9.43. The molecule has 0 N–H and O–H groups in total. The normalized spacial score (nSPS) is 10.4. The van der Waals surface area contributed by atoms with Crippen LogP contribution in [0.1, 0.15) is 15.9 Å². The third-order valence-corrected chi connectivity index (χ3v) is 3.43. The van der Waals surface area contributed by atoms with E-state index in [1.54, 1.807) is 0 Å². The summed E-state index contributed by atoms with van der Waals surface area (Å²) in [4.78, 5) is 12.2. The van der Waals surface area contributed by atoms with Crippen LogP contribution in [0.25, 0.3) is 0 Å². The van der Waals surface area contributed by atoms with Crippen molar-refractivity contribution in [2.75, 3.05) is 7.11 Å². The summed E-state index contributed by atoms with van der Waals surface area (Å²) in [6.45, 7) is 0. The average Bonchev–Trinajstić information content (AvgIpc) is 2.37. The smallest absolute Gasteiger partial charge is 0.200 e. The van der Waals surface area contributed by atoms with Gasteiger partial charge in [0.05, 0.1) is 17.7 Å². The molecular formula is C14H8BrClF2O2. The van der Waals surface area contributed by atoms with Gasteiger partial charge in [-0.2, -0.15) is 0 Å². The number of hydrogen-bond donors (Lipinski definition) is 0. The van der Waals surface area contributed by atoms with E-state index < -0.39 is 23.0 Å². The summed E-state index contributed by atoms with van der Waals surface area (Å²) >= 11 is 8.89. The standard InChI is InChI=1S/C14H8BrClF2O2/c1-20-8-2-3-9(10(16)6-8)14(19)13-11(17)4-7(15)5-12(13)18/h2-6H,1H3. The summed E-state index contributed by atoms with van der Waals surface area (Å²) in [5, 5.41) is 0.0658. The largest absolute Gasteiger partial charge is 0.497 e. The van der Waals surface area contributed by atoms with Gasteiger partial charge < -0.3 is 4.74 Å². The summed E-state index contributed by atoms with van der Waals surface area (Å²) in [5.74, 6) is -2.27. The Hall–Kier alpha value is -1.46. The molecule has 2 aromatic carbocycles. The predicted octanol–water partition coefficient (Wildman–Crippen LogP) is 4.62. The molecule has 0 heterocycles. The van der Waals surface area contributed by atoms with E-state index in [1.807, 2.05) is 0 Å². The van der Waals surface area contributed by atoms with E-state index in [0.29, 0.717) is 5.75 Å². The number of carbonyl (C=O) groups is 1. The monoisotopic (exact) mass is 360 g/mol. The lowest BCUT2D eigenvalue weighted by atomic mass is 10.0. The zero-order valence-corrected chi connectivity index (χ0v) is 12.6. The molecule has 0 saturated heterocycles. The number of carbonyl (C=O) groups excluding carboxylic acids is 1. The highest BCUT2D eigenvalue weighted by atomic mass is 79.9. The molecule has 0 fully saturated rings. The van der Waals surface area contributed by atoms with Crippen molar-refractivity contribution in [1.82, 2.24) is 0 Å². The van der Waals surface area contributed by atoms with Crippen molar-refractivity contribution in [2.24, 2.45) is 0 Å². The van der Waals surface area contributed by atoms with Crippen molar-refractivity contribution in [1.29, 1.82) is 0 Å². The number of ether oxygens (including phenoxy) is 1. The molecule has 104 valence electrons. The molecule has 2 nitrogen and oxygen atoms in total. The highest BCUT2D eigenvalue weighted by Crippen LogP contribution is 2.27. The van der Waals surface area contributed by atoms with Gasteiger partial charge in [-0.15, -0.1) is 0 Å². The van der Waals surface area contributed by atoms with E-state index in [9.17, 15) is 13.6 Å². The molecule has 0 aliphatic rings.